The third-order valence-electron chi connectivity index (χ3n) is 12.3. The van der Waals surface area contributed by atoms with E-state index in [1.807, 2.05) is 6.07 Å². The minimum absolute atomic E-state index is 0.0344. The number of aromatic nitrogens is 1. The maximum absolute atomic E-state index is 15.1. The van der Waals surface area contributed by atoms with Crippen LogP contribution in [0.2, 0.25) is 0 Å². The molecule has 318 valence electrons. The Kier molecular flexibility index (Phi) is 12.9. The standard InChI is InChI=1S/C43H48F6N4O5S/c1-3-11-34-41(58-30-26-35(59-27-30)43(47,48)49,18-9-22-53(34)37(55)36-32(42(44,45)46)13-8-21-51-36)38(56)52-23-19-40(28-50,20-24-52)31-12-4-5-14-33(31)57-25-10-17-39(29(2)54)15-6-7-16-39/h4-5,8,12-14,21,26-27,34,54H,2-3,6-7,9-11,15-20,22-25H2,1H3/t34-,41+/m1/s1. The highest BCUT2D eigenvalue weighted by atomic mass is 32.1. The number of rotatable bonds is 13. The minimum atomic E-state index is -4.91. The van der Waals surface area contributed by atoms with Gasteiger partial charge in [-0.2, -0.15) is 31.6 Å². The molecule has 2 saturated heterocycles. The number of benzene rings is 1. The second kappa shape index (κ2) is 17.4. The Balaban J connectivity index is 1.28. The van der Waals surface area contributed by atoms with Gasteiger partial charge in [-0.25, -0.2) is 0 Å². The second-order valence-corrected chi connectivity index (χ2v) is 16.7. The highest BCUT2D eigenvalue weighted by molar-refractivity contribution is 7.10. The van der Waals surface area contributed by atoms with Gasteiger partial charge in [0.05, 0.1) is 35.5 Å². The number of pyridine rings is 1. The molecule has 0 unspecified atom stereocenters. The number of para-hydroxylation sites is 1. The predicted octanol–water partition coefficient (Wildman–Crippen LogP) is 10.3. The van der Waals surface area contributed by atoms with Crippen molar-refractivity contribution in [1.82, 2.24) is 14.8 Å². The van der Waals surface area contributed by atoms with Gasteiger partial charge in [0.1, 0.15) is 22.1 Å². The van der Waals surface area contributed by atoms with Crippen LogP contribution in [0.3, 0.4) is 0 Å². The molecule has 2 amide bonds. The highest BCUT2D eigenvalue weighted by Crippen LogP contribution is 2.47. The molecule has 1 saturated carbocycles. The molecule has 0 bridgehead atoms. The predicted molar refractivity (Wildman–Crippen MR) is 208 cm³/mol. The largest absolute Gasteiger partial charge is 0.512 e. The molecule has 3 fully saturated rings. The van der Waals surface area contributed by atoms with E-state index < -0.39 is 57.4 Å². The lowest BCUT2D eigenvalue weighted by atomic mass is 9.72. The summed E-state index contributed by atoms with van der Waals surface area (Å²) in [6, 6.07) is 11.1. The quantitative estimate of drug-likeness (QED) is 0.103. The topological polar surface area (TPSA) is 116 Å². The van der Waals surface area contributed by atoms with Crippen LogP contribution in [-0.2, 0) is 22.6 Å². The normalized spacial score (nSPS) is 21.8. The van der Waals surface area contributed by atoms with Gasteiger partial charge in [-0.15, -0.1) is 11.3 Å². The second-order valence-electron chi connectivity index (χ2n) is 15.8. The maximum atomic E-state index is 15.1. The number of carbonyl (C=O) groups excluding carboxylic acids is 2. The first kappa shape index (κ1) is 43.8. The van der Waals surface area contributed by atoms with Gasteiger partial charge < -0.3 is 24.4 Å². The number of alkyl halides is 6. The molecule has 1 N–H and O–H groups in total. The number of piperidine rings is 2. The van der Waals surface area contributed by atoms with Crippen molar-refractivity contribution in [3.05, 3.63) is 88.1 Å². The molecule has 6 rings (SSSR count). The fourth-order valence-electron chi connectivity index (χ4n) is 9.19. The first-order valence-electron chi connectivity index (χ1n) is 20.0. The fraction of sp³-hybridized carbons (Fsp3) is 0.535. The van der Waals surface area contributed by atoms with Gasteiger partial charge in [0.15, 0.2) is 0 Å². The van der Waals surface area contributed by atoms with Gasteiger partial charge in [0.2, 0.25) is 5.60 Å². The number of thiophene rings is 1. The lowest BCUT2D eigenvalue weighted by molar-refractivity contribution is -0.160. The number of carbonyl (C=O) groups is 2. The summed E-state index contributed by atoms with van der Waals surface area (Å²) in [5.41, 5.74) is -4.83. The van der Waals surface area contributed by atoms with Crippen molar-refractivity contribution in [2.24, 2.45) is 5.41 Å². The number of nitrogens with zero attached hydrogens (tertiary/aromatic N) is 4. The van der Waals surface area contributed by atoms with E-state index in [9.17, 15) is 41.5 Å². The summed E-state index contributed by atoms with van der Waals surface area (Å²) < 4.78 is 96.3. The Hall–Kier alpha value is -4.78. The summed E-state index contributed by atoms with van der Waals surface area (Å²) >= 11 is 0.377. The number of aliphatic hydroxyl groups is 1. The number of halogens is 6. The summed E-state index contributed by atoms with van der Waals surface area (Å²) in [4.78, 5) is 34.7. The molecule has 1 aromatic carbocycles. The van der Waals surface area contributed by atoms with E-state index in [4.69, 9.17) is 9.47 Å². The number of ether oxygens (including phenoxy) is 2. The lowest BCUT2D eigenvalue weighted by Crippen LogP contribution is -2.68. The molecule has 1 aliphatic carbocycles. The summed E-state index contributed by atoms with van der Waals surface area (Å²) in [6.07, 6.45) is -2.56. The van der Waals surface area contributed by atoms with Crippen molar-refractivity contribution in [3.8, 4) is 17.6 Å². The van der Waals surface area contributed by atoms with Crippen LogP contribution in [-0.4, -0.2) is 69.6 Å². The highest BCUT2D eigenvalue weighted by Gasteiger charge is 2.57. The van der Waals surface area contributed by atoms with Crippen LogP contribution >= 0.6 is 11.3 Å². The van der Waals surface area contributed by atoms with E-state index in [-0.39, 0.29) is 68.7 Å². The van der Waals surface area contributed by atoms with E-state index in [1.54, 1.807) is 25.1 Å². The zero-order chi connectivity index (χ0) is 42.6. The molecular weight excluding hydrogens is 799 g/mol. The van der Waals surface area contributed by atoms with Gasteiger partial charge >= 0.3 is 12.4 Å². The SMILES string of the molecule is C=C(O)C1(CCCOc2ccccc2C2(C#N)CCN(C(=O)[C@]3(Oc4csc(C(F)(F)F)c4)CCCN(C(=O)c4ncccc4C(F)(F)F)[C@@H]3CCC)CC2)CCCC1. The molecule has 3 aliphatic rings. The number of hydrogen-bond acceptors (Lipinski definition) is 8. The molecule has 0 spiro atoms. The van der Waals surface area contributed by atoms with Crippen LogP contribution in [0.25, 0.3) is 0 Å². The van der Waals surface area contributed by atoms with E-state index in [2.05, 4.69) is 17.6 Å². The zero-order valence-electron chi connectivity index (χ0n) is 32.8. The molecule has 2 atom stereocenters. The average Bonchev–Trinajstić information content (AvgIpc) is 3.91. The van der Waals surface area contributed by atoms with Gasteiger partial charge in [0.25, 0.3) is 11.8 Å². The summed E-state index contributed by atoms with van der Waals surface area (Å²) in [7, 11) is 0. The monoisotopic (exact) mass is 846 g/mol. The van der Waals surface area contributed by atoms with Crippen molar-refractivity contribution < 1.29 is 50.5 Å². The Bertz CT molecular complexity index is 2030. The molecule has 0 radical (unpaired) electrons. The van der Waals surface area contributed by atoms with Crippen molar-refractivity contribution in [2.45, 2.75) is 113 Å². The van der Waals surface area contributed by atoms with Crippen LogP contribution in [0.4, 0.5) is 26.3 Å². The molecule has 3 aromatic rings. The first-order chi connectivity index (χ1) is 28.0. The number of hydrogen-bond donors (Lipinski definition) is 1. The Morgan fingerprint density at radius 2 is 1.71 bits per heavy atom. The van der Waals surface area contributed by atoms with Gasteiger partial charge in [0, 0.05) is 54.7 Å². The molecule has 59 heavy (non-hydrogen) atoms. The summed E-state index contributed by atoms with van der Waals surface area (Å²) in [6.45, 7) is 5.95. The lowest BCUT2D eigenvalue weighted by Gasteiger charge is -2.51. The van der Waals surface area contributed by atoms with Crippen LogP contribution in [0.1, 0.15) is 110 Å². The third-order valence-corrected chi connectivity index (χ3v) is 13.2. The summed E-state index contributed by atoms with van der Waals surface area (Å²) in [5, 5.41) is 22.2. The maximum Gasteiger partial charge on any atom is 0.425 e. The van der Waals surface area contributed by atoms with Crippen LogP contribution < -0.4 is 9.47 Å². The molecule has 2 aromatic heterocycles. The van der Waals surface area contributed by atoms with Crippen molar-refractivity contribution >= 4 is 23.2 Å². The molecule has 9 nitrogen and oxygen atoms in total. The summed E-state index contributed by atoms with van der Waals surface area (Å²) in [5.74, 6) is -1.24. The number of likely N-dealkylation sites (tertiary alicyclic amines) is 2. The number of aliphatic hydroxyl groups excluding tert-OH is 1. The van der Waals surface area contributed by atoms with E-state index >= 15 is 4.79 Å². The fourth-order valence-corrected chi connectivity index (χ4v) is 9.87. The van der Waals surface area contributed by atoms with E-state index in [1.165, 1.54) is 4.90 Å². The minimum Gasteiger partial charge on any atom is -0.512 e. The third kappa shape index (κ3) is 8.90. The van der Waals surface area contributed by atoms with Crippen LogP contribution in [0, 0.1) is 16.7 Å². The van der Waals surface area contributed by atoms with Crippen molar-refractivity contribution in [1.29, 1.82) is 5.26 Å². The molecular formula is C43H48F6N4O5S. The van der Waals surface area contributed by atoms with E-state index in [0.717, 1.165) is 60.4 Å². The Morgan fingerprint density at radius 3 is 2.34 bits per heavy atom. The van der Waals surface area contributed by atoms with Crippen LogP contribution in [0.5, 0.6) is 11.5 Å². The van der Waals surface area contributed by atoms with Crippen molar-refractivity contribution in [2.75, 3.05) is 26.2 Å². The number of nitriles is 1. The molecule has 16 heteroatoms. The number of amides is 2. The average molecular weight is 847 g/mol. The van der Waals surface area contributed by atoms with Crippen molar-refractivity contribution in [3.63, 3.8) is 0 Å². The zero-order valence-corrected chi connectivity index (χ0v) is 33.7. The first-order valence-corrected chi connectivity index (χ1v) is 20.9. The smallest absolute Gasteiger partial charge is 0.425 e. The van der Waals surface area contributed by atoms with Gasteiger partial charge in [-0.1, -0.05) is 51.0 Å². The number of allylic oxidation sites excluding steroid dienone is 1. The molecule has 4 heterocycles. The Labute approximate surface area is 343 Å². The molecule has 2 aliphatic heterocycles. The van der Waals surface area contributed by atoms with Gasteiger partial charge in [-0.3, -0.25) is 14.6 Å². The van der Waals surface area contributed by atoms with Gasteiger partial charge in [-0.05, 0) is 69.6 Å². The van der Waals surface area contributed by atoms with Crippen LogP contribution in [0.15, 0.2) is 66.4 Å². The van der Waals surface area contributed by atoms with E-state index in [0.29, 0.717) is 48.5 Å². The Morgan fingerprint density at radius 1 is 1.00 bits per heavy atom.